The van der Waals surface area contributed by atoms with E-state index in [1.54, 1.807) is 18.8 Å². The molecule has 1 amide bonds. The van der Waals surface area contributed by atoms with Gasteiger partial charge in [0.1, 0.15) is 5.75 Å². The van der Waals surface area contributed by atoms with E-state index in [0.717, 1.165) is 73.7 Å². The zero-order chi connectivity index (χ0) is 28.1. The number of rotatable bonds is 10. The zero-order valence-electron chi connectivity index (χ0n) is 24.3. The molecule has 0 saturated carbocycles. The number of anilines is 1. The lowest BCUT2D eigenvalue weighted by atomic mass is 9.97. The van der Waals surface area contributed by atoms with Gasteiger partial charge in [0.05, 0.1) is 19.2 Å². The van der Waals surface area contributed by atoms with Crippen LogP contribution >= 0.6 is 0 Å². The van der Waals surface area contributed by atoms with Crippen molar-refractivity contribution in [1.82, 2.24) is 20.0 Å². The van der Waals surface area contributed by atoms with Crippen LogP contribution in [0.3, 0.4) is 0 Å². The molecular weight excluding hydrogens is 490 g/mol. The molecule has 0 atom stereocenters. The fourth-order valence-corrected chi connectivity index (χ4v) is 5.71. The maximum Gasteiger partial charge on any atom is 0.269 e. The summed E-state index contributed by atoms with van der Waals surface area (Å²) in [5, 5.41) is 5.72. The van der Waals surface area contributed by atoms with Crippen molar-refractivity contribution in [3.63, 3.8) is 0 Å². The van der Waals surface area contributed by atoms with E-state index >= 15 is 0 Å². The SMILES string of the molecule is CCN(c1cc(C)cc(C(=O)NCc2c(C)n(C)[nH]c2=O)c1C)C1CCN(CCc2cccc(OC)c2)CC1. The number of hydrogen-bond donors (Lipinski definition) is 2. The second-order valence-electron chi connectivity index (χ2n) is 10.7. The summed E-state index contributed by atoms with van der Waals surface area (Å²) in [7, 11) is 3.51. The summed E-state index contributed by atoms with van der Waals surface area (Å²) in [5.74, 6) is 0.763. The Morgan fingerprint density at radius 2 is 1.90 bits per heavy atom. The number of H-pyrrole nitrogens is 1. The van der Waals surface area contributed by atoms with Gasteiger partial charge < -0.3 is 19.9 Å². The molecule has 2 heterocycles. The number of nitrogens with one attached hydrogen (secondary N) is 2. The van der Waals surface area contributed by atoms with Crippen LogP contribution in [0.5, 0.6) is 5.75 Å². The number of methoxy groups -OCH3 is 1. The number of carbonyl (C=O) groups is 1. The fraction of sp³-hybridized carbons (Fsp3) is 0.484. The molecule has 1 fully saturated rings. The third kappa shape index (κ3) is 6.56. The van der Waals surface area contributed by atoms with Gasteiger partial charge in [-0.15, -0.1) is 0 Å². The summed E-state index contributed by atoms with van der Waals surface area (Å²) in [5.41, 5.74) is 6.40. The van der Waals surface area contributed by atoms with E-state index in [4.69, 9.17) is 4.74 Å². The van der Waals surface area contributed by atoms with Crippen LogP contribution in [0.4, 0.5) is 5.69 Å². The average molecular weight is 534 g/mol. The average Bonchev–Trinajstić information content (AvgIpc) is 3.18. The van der Waals surface area contributed by atoms with E-state index in [2.05, 4.69) is 51.4 Å². The van der Waals surface area contributed by atoms with Crippen LogP contribution in [-0.2, 0) is 20.0 Å². The predicted molar refractivity (Wildman–Crippen MR) is 157 cm³/mol. The number of aromatic nitrogens is 2. The highest BCUT2D eigenvalue weighted by Crippen LogP contribution is 2.30. The molecular formula is C31H43N5O3. The molecule has 39 heavy (non-hydrogen) atoms. The molecule has 3 aromatic rings. The van der Waals surface area contributed by atoms with Gasteiger partial charge in [-0.2, -0.15) is 0 Å². The highest BCUT2D eigenvalue weighted by atomic mass is 16.5. The number of ether oxygens (including phenoxy) is 1. The lowest BCUT2D eigenvalue weighted by Crippen LogP contribution is -2.45. The number of benzene rings is 2. The third-order valence-electron chi connectivity index (χ3n) is 8.18. The van der Waals surface area contributed by atoms with E-state index in [9.17, 15) is 9.59 Å². The van der Waals surface area contributed by atoms with Crippen molar-refractivity contribution in [2.45, 2.75) is 59.5 Å². The summed E-state index contributed by atoms with van der Waals surface area (Å²) in [4.78, 5) is 30.5. The first-order valence-electron chi connectivity index (χ1n) is 14.0. The number of piperidine rings is 1. The van der Waals surface area contributed by atoms with Crippen molar-refractivity contribution >= 4 is 11.6 Å². The minimum absolute atomic E-state index is 0.150. The molecule has 2 aromatic carbocycles. The van der Waals surface area contributed by atoms with E-state index in [-0.39, 0.29) is 18.0 Å². The molecule has 1 saturated heterocycles. The van der Waals surface area contributed by atoms with Crippen molar-refractivity contribution in [2.24, 2.45) is 7.05 Å². The van der Waals surface area contributed by atoms with Gasteiger partial charge in [0, 0.05) is 56.2 Å². The van der Waals surface area contributed by atoms with Crippen LogP contribution in [0.15, 0.2) is 41.2 Å². The largest absolute Gasteiger partial charge is 0.497 e. The van der Waals surface area contributed by atoms with Gasteiger partial charge in [0.15, 0.2) is 0 Å². The van der Waals surface area contributed by atoms with Gasteiger partial charge in [-0.05, 0) is 87.9 Å². The Morgan fingerprint density at radius 1 is 1.15 bits per heavy atom. The standard InChI is InChI=1S/C31H43N5O3/c1-7-36(25-12-15-35(16-13-25)14-11-24-9-8-10-26(19-24)39-6)29-18-21(2)17-27(22(29)3)30(37)32-20-28-23(4)34(5)33-31(28)38/h8-10,17-19,25H,7,11-16,20H2,1-6H3,(H,32,37)(H,33,38). The first-order chi connectivity index (χ1) is 18.7. The molecule has 1 aromatic heterocycles. The Kier molecular flexibility index (Phi) is 9.17. The van der Waals surface area contributed by atoms with Crippen LogP contribution in [0.1, 0.15) is 58.1 Å². The molecule has 1 aliphatic rings. The Labute approximate surface area is 231 Å². The number of aromatic amines is 1. The highest BCUT2D eigenvalue weighted by molar-refractivity contribution is 5.97. The molecule has 4 rings (SSSR count). The zero-order valence-corrected chi connectivity index (χ0v) is 24.3. The Balaban J connectivity index is 1.41. The summed E-state index contributed by atoms with van der Waals surface area (Å²) in [6.07, 6.45) is 3.21. The topological polar surface area (TPSA) is 82.6 Å². The van der Waals surface area contributed by atoms with Gasteiger partial charge in [-0.25, -0.2) is 0 Å². The van der Waals surface area contributed by atoms with Gasteiger partial charge in [0.2, 0.25) is 0 Å². The van der Waals surface area contributed by atoms with Gasteiger partial charge in [0.25, 0.3) is 11.5 Å². The van der Waals surface area contributed by atoms with Crippen molar-refractivity contribution in [3.05, 3.63) is 80.3 Å². The van der Waals surface area contributed by atoms with Crippen molar-refractivity contribution in [1.29, 1.82) is 0 Å². The first-order valence-corrected chi connectivity index (χ1v) is 14.0. The van der Waals surface area contributed by atoms with E-state index in [0.29, 0.717) is 17.2 Å². The molecule has 0 spiro atoms. The van der Waals surface area contributed by atoms with Gasteiger partial charge >= 0.3 is 0 Å². The lowest BCUT2D eigenvalue weighted by Gasteiger charge is -2.40. The molecule has 0 bridgehead atoms. The van der Waals surface area contributed by atoms with Crippen LogP contribution in [-0.4, -0.2) is 59.9 Å². The molecule has 0 aliphatic carbocycles. The predicted octanol–water partition coefficient (Wildman–Crippen LogP) is 4.11. The van der Waals surface area contributed by atoms with E-state index < -0.39 is 0 Å². The molecule has 8 heteroatoms. The summed E-state index contributed by atoms with van der Waals surface area (Å²) in [6.45, 7) is 12.4. The number of hydrogen-bond acceptors (Lipinski definition) is 5. The van der Waals surface area contributed by atoms with E-state index in [1.165, 1.54) is 5.56 Å². The lowest BCUT2D eigenvalue weighted by molar-refractivity contribution is 0.0950. The van der Waals surface area contributed by atoms with E-state index in [1.807, 2.05) is 32.9 Å². The second kappa shape index (κ2) is 12.6. The molecule has 0 radical (unpaired) electrons. The molecule has 1 aliphatic heterocycles. The molecule has 2 N–H and O–H groups in total. The van der Waals surface area contributed by atoms with Crippen molar-refractivity contribution in [3.8, 4) is 5.75 Å². The number of aryl methyl sites for hydroxylation is 2. The fourth-order valence-electron chi connectivity index (χ4n) is 5.71. The maximum atomic E-state index is 13.3. The van der Waals surface area contributed by atoms with Crippen molar-refractivity contribution < 1.29 is 9.53 Å². The smallest absolute Gasteiger partial charge is 0.269 e. The van der Waals surface area contributed by atoms with Crippen LogP contribution in [0.2, 0.25) is 0 Å². The monoisotopic (exact) mass is 533 g/mol. The summed E-state index contributed by atoms with van der Waals surface area (Å²) in [6, 6.07) is 12.9. The maximum absolute atomic E-state index is 13.3. The molecule has 210 valence electrons. The number of likely N-dealkylation sites (tertiary alicyclic amines) is 1. The van der Waals surface area contributed by atoms with Gasteiger partial charge in [-0.1, -0.05) is 12.1 Å². The Bertz CT molecular complexity index is 1350. The van der Waals surface area contributed by atoms with Crippen molar-refractivity contribution in [2.75, 3.05) is 38.2 Å². The quantitative estimate of drug-likeness (QED) is 0.410. The normalized spacial score (nSPS) is 14.4. The molecule has 0 unspecified atom stereocenters. The minimum atomic E-state index is -0.163. The minimum Gasteiger partial charge on any atom is -0.497 e. The number of amides is 1. The first kappa shape index (κ1) is 28.5. The van der Waals surface area contributed by atoms with Crippen LogP contribution < -0.4 is 20.5 Å². The second-order valence-corrected chi connectivity index (χ2v) is 10.7. The summed E-state index contributed by atoms with van der Waals surface area (Å²) < 4.78 is 7.05. The number of nitrogens with zero attached hydrogens (tertiary/aromatic N) is 3. The third-order valence-corrected chi connectivity index (χ3v) is 8.18. The molecule has 8 nitrogen and oxygen atoms in total. The van der Waals surface area contributed by atoms with Crippen LogP contribution in [0.25, 0.3) is 0 Å². The van der Waals surface area contributed by atoms with Gasteiger partial charge in [-0.3, -0.25) is 19.4 Å². The Morgan fingerprint density at radius 3 is 2.54 bits per heavy atom. The summed E-state index contributed by atoms with van der Waals surface area (Å²) >= 11 is 0. The highest BCUT2D eigenvalue weighted by Gasteiger charge is 2.26. The Hall–Kier alpha value is -3.52. The van der Waals surface area contributed by atoms with Crippen LogP contribution in [0, 0.1) is 20.8 Å². The number of carbonyl (C=O) groups excluding carboxylic acids is 1.